The normalized spacial score (nSPS) is 18.3. The maximum absolute atomic E-state index is 13.0. The predicted molar refractivity (Wildman–Crippen MR) is 117 cm³/mol. The maximum atomic E-state index is 13.0. The number of hydrogen-bond donors (Lipinski definition) is 1. The molecule has 0 aromatic heterocycles. The van der Waals surface area contributed by atoms with E-state index in [1.807, 2.05) is 36.4 Å². The summed E-state index contributed by atoms with van der Waals surface area (Å²) in [5.41, 5.74) is 1.69. The van der Waals surface area contributed by atoms with E-state index in [0.29, 0.717) is 16.3 Å². The largest absolute Gasteiger partial charge is 0.507 e. The number of carbonyl (C=O) groups excluding carboxylic acids is 2. The van der Waals surface area contributed by atoms with Gasteiger partial charge in [-0.05, 0) is 35.9 Å². The van der Waals surface area contributed by atoms with Crippen LogP contribution in [0.4, 0.5) is 5.69 Å². The Kier molecular flexibility index (Phi) is 5.26. The Morgan fingerprint density at radius 3 is 2.34 bits per heavy atom. The lowest BCUT2D eigenvalue weighted by molar-refractivity contribution is -0.132. The molecular formula is C23H15BrClNO3. The number of aliphatic hydroxyl groups excluding tert-OH is 1. The van der Waals surface area contributed by atoms with Gasteiger partial charge < -0.3 is 5.11 Å². The van der Waals surface area contributed by atoms with E-state index in [0.717, 1.165) is 10.0 Å². The quantitative estimate of drug-likeness (QED) is 0.303. The summed E-state index contributed by atoms with van der Waals surface area (Å²) < 4.78 is 0.776. The third-order valence-electron chi connectivity index (χ3n) is 4.74. The molecule has 1 fully saturated rings. The number of anilines is 1. The predicted octanol–water partition coefficient (Wildman–Crippen LogP) is 5.73. The molecule has 1 aliphatic rings. The molecule has 1 aliphatic heterocycles. The molecular weight excluding hydrogens is 454 g/mol. The first kappa shape index (κ1) is 19.4. The number of nitrogens with zero attached hydrogens (tertiary/aromatic N) is 1. The van der Waals surface area contributed by atoms with E-state index in [4.69, 9.17) is 11.6 Å². The second-order valence-electron chi connectivity index (χ2n) is 6.57. The number of halogens is 2. The second kappa shape index (κ2) is 7.85. The van der Waals surface area contributed by atoms with Gasteiger partial charge in [0.25, 0.3) is 11.7 Å². The zero-order chi connectivity index (χ0) is 20.5. The molecule has 0 spiro atoms. The number of carbonyl (C=O) groups is 2. The Labute approximate surface area is 181 Å². The van der Waals surface area contributed by atoms with Crippen molar-refractivity contribution in [3.63, 3.8) is 0 Å². The summed E-state index contributed by atoms with van der Waals surface area (Å²) >= 11 is 9.47. The highest BCUT2D eigenvalue weighted by atomic mass is 79.9. The number of rotatable bonds is 3. The number of aliphatic hydroxyl groups is 1. The first-order chi connectivity index (χ1) is 14.0. The monoisotopic (exact) mass is 467 g/mol. The van der Waals surface area contributed by atoms with Gasteiger partial charge in [0.05, 0.1) is 11.6 Å². The molecule has 1 heterocycles. The number of amides is 1. The highest BCUT2D eigenvalue weighted by Crippen LogP contribution is 2.42. The van der Waals surface area contributed by atoms with Crippen molar-refractivity contribution in [2.24, 2.45) is 0 Å². The molecule has 1 amide bonds. The number of hydrogen-bond acceptors (Lipinski definition) is 3. The van der Waals surface area contributed by atoms with Crippen LogP contribution in [0.15, 0.2) is 88.9 Å². The molecule has 0 saturated carbocycles. The van der Waals surface area contributed by atoms with Crippen LogP contribution in [0.1, 0.15) is 17.2 Å². The van der Waals surface area contributed by atoms with Crippen LogP contribution in [0.5, 0.6) is 0 Å². The van der Waals surface area contributed by atoms with E-state index in [9.17, 15) is 14.7 Å². The van der Waals surface area contributed by atoms with Crippen LogP contribution < -0.4 is 4.90 Å². The topological polar surface area (TPSA) is 57.6 Å². The van der Waals surface area contributed by atoms with Gasteiger partial charge in [-0.15, -0.1) is 0 Å². The van der Waals surface area contributed by atoms with E-state index >= 15 is 0 Å². The zero-order valence-corrected chi connectivity index (χ0v) is 17.4. The lowest BCUT2D eigenvalue weighted by Gasteiger charge is -2.25. The number of ketones is 1. The van der Waals surface area contributed by atoms with Crippen LogP contribution in [-0.4, -0.2) is 16.8 Å². The maximum Gasteiger partial charge on any atom is 0.300 e. The van der Waals surface area contributed by atoms with Gasteiger partial charge in [-0.2, -0.15) is 0 Å². The van der Waals surface area contributed by atoms with Gasteiger partial charge in [-0.1, -0.05) is 76.1 Å². The Balaban J connectivity index is 1.96. The molecule has 1 atom stereocenters. The first-order valence-corrected chi connectivity index (χ1v) is 10.0. The first-order valence-electron chi connectivity index (χ1n) is 8.85. The van der Waals surface area contributed by atoms with Gasteiger partial charge in [-0.3, -0.25) is 14.5 Å². The fourth-order valence-electron chi connectivity index (χ4n) is 3.47. The summed E-state index contributed by atoms with van der Waals surface area (Å²) in [6.45, 7) is 0. The van der Waals surface area contributed by atoms with Crippen molar-refractivity contribution >= 4 is 50.7 Å². The molecule has 0 aliphatic carbocycles. The van der Waals surface area contributed by atoms with Crippen LogP contribution in [0.2, 0.25) is 5.02 Å². The van der Waals surface area contributed by atoms with E-state index in [1.165, 1.54) is 4.90 Å². The lowest BCUT2D eigenvalue weighted by Crippen LogP contribution is -2.29. The molecule has 1 N–H and O–H groups in total. The van der Waals surface area contributed by atoms with Crippen molar-refractivity contribution in [2.45, 2.75) is 6.04 Å². The standard InChI is InChI=1S/C23H15BrClNO3/c24-16-9-5-11-18(13-16)26-20(14-6-2-1-3-7-14)19(22(28)23(26)29)21(27)15-8-4-10-17(25)12-15/h1-13,20,27H/b21-19+. The Morgan fingerprint density at radius 2 is 1.66 bits per heavy atom. The summed E-state index contributed by atoms with van der Waals surface area (Å²) in [5, 5.41) is 11.4. The van der Waals surface area contributed by atoms with Crippen LogP contribution in [-0.2, 0) is 9.59 Å². The van der Waals surface area contributed by atoms with Crippen LogP contribution in [0.25, 0.3) is 5.76 Å². The van der Waals surface area contributed by atoms with Crippen LogP contribution in [0, 0.1) is 0 Å². The summed E-state index contributed by atoms with van der Waals surface area (Å²) in [4.78, 5) is 27.4. The van der Waals surface area contributed by atoms with Gasteiger partial charge in [-0.25, -0.2) is 0 Å². The highest BCUT2D eigenvalue weighted by molar-refractivity contribution is 9.10. The fraction of sp³-hybridized carbons (Fsp3) is 0.0435. The third-order valence-corrected chi connectivity index (χ3v) is 5.47. The van der Waals surface area contributed by atoms with Crippen molar-refractivity contribution in [3.8, 4) is 0 Å². The van der Waals surface area contributed by atoms with Crippen LogP contribution >= 0.6 is 27.5 Å². The number of Topliss-reactive ketones (excluding diaryl/α,β-unsaturated/α-hetero) is 1. The molecule has 1 saturated heterocycles. The van der Waals surface area contributed by atoms with Gasteiger partial charge in [0.2, 0.25) is 0 Å². The molecule has 4 rings (SSSR count). The van der Waals surface area contributed by atoms with Crippen molar-refractivity contribution in [1.29, 1.82) is 0 Å². The van der Waals surface area contributed by atoms with Gasteiger partial charge in [0.15, 0.2) is 0 Å². The summed E-state index contributed by atoms with van der Waals surface area (Å²) in [7, 11) is 0. The second-order valence-corrected chi connectivity index (χ2v) is 7.92. The van der Waals surface area contributed by atoms with E-state index < -0.39 is 17.7 Å². The molecule has 1 unspecified atom stereocenters. The van der Waals surface area contributed by atoms with E-state index in [-0.39, 0.29) is 11.3 Å². The molecule has 3 aromatic rings. The summed E-state index contributed by atoms with van der Waals surface area (Å²) in [6, 6.07) is 22.1. The average molecular weight is 469 g/mol. The minimum absolute atomic E-state index is 0.0310. The molecule has 0 bridgehead atoms. The van der Waals surface area contributed by atoms with Crippen molar-refractivity contribution in [1.82, 2.24) is 0 Å². The van der Waals surface area contributed by atoms with Crippen molar-refractivity contribution in [2.75, 3.05) is 4.90 Å². The Morgan fingerprint density at radius 1 is 0.931 bits per heavy atom. The molecule has 144 valence electrons. The molecule has 3 aromatic carbocycles. The average Bonchev–Trinajstić information content (AvgIpc) is 2.99. The van der Waals surface area contributed by atoms with E-state index in [2.05, 4.69) is 15.9 Å². The molecule has 29 heavy (non-hydrogen) atoms. The molecule has 0 radical (unpaired) electrons. The smallest absolute Gasteiger partial charge is 0.300 e. The SMILES string of the molecule is O=C1C(=O)N(c2cccc(Br)c2)C(c2ccccc2)/C1=C(\O)c1cccc(Cl)c1. The van der Waals surface area contributed by atoms with Crippen molar-refractivity contribution in [3.05, 3.63) is 105 Å². The lowest BCUT2D eigenvalue weighted by atomic mass is 9.95. The molecule has 4 nitrogen and oxygen atoms in total. The Hall–Kier alpha value is -2.89. The minimum Gasteiger partial charge on any atom is -0.507 e. The van der Waals surface area contributed by atoms with Gasteiger partial charge in [0, 0.05) is 20.7 Å². The summed E-state index contributed by atoms with van der Waals surface area (Å²) in [5.74, 6) is -1.69. The van der Waals surface area contributed by atoms with E-state index in [1.54, 1.807) is 42.5 Å². The fourth-order valence-corrected chi connectivity index (χ4v) is 4.04. The minimum atomic E-state index is -0.760. The zero-order valence-electron chi connectivity index (χ0n) is 15.0. The van der Waals surface area contributed by atoms with Crippen LogP contribution in [0.3, 0.4) is 0 Å². The Bertz CT molecular complexity index is 1140. The highest BCUT2D eigenvalue weighted by Gasteiger charge is 2.46. The molecule has 6 heteroatoms. The number of benzene rings is 3. The van der Waals surface area contributed by atoms with Gasteiger partial charge >= 0.3 is 0 Å². The van der Waals surface area contributed by atoms with Gasteiger partial charge in [0.1, 0.15) is 5.76 Å². The van der Waals surface area contributed by atoms with Crippen molar-refractivity contribution < 1.29 is 14.7 Å². The summed E-state index contributed by atoms with van der Waals surface area (Å²) in [6.07, 6.45) is 0. The third kappa shape index (κ3) is 3.59.